The van der Waals surface area contributed by atoms with Crippen molar-refractivity contribution in [2.24, 2.45) is 0 Å². The molecule has 0 aliphatic carbocycles. The molecule has 1 aliphatic rings. The van der Waals surface area contributed by atoms with Crippen LogP contribution in [-0.4, -0.2) is 21.8 Å². The summed E-state index contributed by atoms with van der Waals surface area (Å²) in [6.07, 6.45) is 4.92. The van der Waals surface area contributed by atoms with Gasteiger partial charge in [-0.3, -0.25) is 4.21 Å². The van der Waals surface area contributed by atoms with E-state index in [1.54, 1.807) is 0 Å². The summed E-state index contributed by atoms with van der Waals surface area (Å²) in [6, 6.07) is 10.2. The number of allylic oxidation sites excluding steroid dienone is 1. The highest BCUT2D eigenvalue weighted by molar-refractivity contribution is 7.85. The zero-order valence-electron chi connectivity index (χ0n) is 10.8. The fraction of sp³-hybridized carbons (Fsp3) is 0.467. The van der Waals surface area contributed by atoms with Crippen LogP contribution in [0, 0.1) is 0 Å². The van der Waals surface area contributed by atoms with E-state index >= 15 is 0 Å². The van der Waals surface area contributed by atoms with Gasteiger partial charge in [0.05, 0.1) is 12.9 Å². The van der Waals surface area contributed by atoms with Gasteiger partial charge >= 0.3 is 0 Å². The maximum Gasteiger partial charge on any atom is 0.0884 e. The Morgan fingerprint density at radius 2 is 2.22 bits per heavy atom. The molecule has 18 heavy (non-hydrogen) atoms. The van der Waals surface area contributed by atoms with Gasteiger partial charge < -0.3 is 4.74 Å². The maximum atomic E-state index is 11.6. The summed E-state index contributed by atoms with van der Waals surface area (Å²) in [6.45, 7) is 2.71. The molecule has 1 heterocycles. The molecule has 1 aliphatic heterocycles. The van der Waals surface area contributed by atoms with Crippen LogP contribution >= 0.6 is 0 Å². The minimum atomic E-state index is -0.611. The largest absolute Gasteiger partial charge is 0.501 e. The molecule has 2 rings (SSSR count). The summed E-state index contributed by atoms with van der Waals surface area (Å²) in [5, 5.41) is 0.357. The Hall–Kier alpha value is -1.09. The van der Waals surface area contributed by atoms with E-state index in [1.807, 2.05) is 31.4 Å². The second kappa shape index (κ2) is 6.74. The highest BCUT2D eigenvalue weighted by Crippen LogP contribution is 2.19. The van der Waals surface area contributed by atoms with E-state index in [0.29, 0.717) is 11.9 Å². The molecule has 0 bridgehead atoms. The predicted octanol–water partition coefficient (Wildman–Crippen LogP) is 3.37. The molecule has 0 saturated carbocycles. The van der Waals surface area contributed by atoms with Crippen LogP contribution in [0.2, 0.25) is 0 Å². The van der Waals surface area contributed by atoms with Crippen molar-refractivity contribution in [2.75, 3.05) is 12.4 Å². The summed E-state index contributed by atoms with van der Waals surface area (Å²) in [5.41, 5.74) is 2.31. The van der Waals surface area contributed by atoms with E-state index in [2.05, 4.69) is 12.1 Å². The van der Waals surface area contributed by atoms with Gasteiger partial charge in [0.2, 0.25) is 0 Å². The van der Waals surface area contributed by atoms with Crippen molar-refractivity contribution in [3.63, 3.8) is 0 Å². The van der Waals surface area contributed by atoms with Gasteiger partial charge in [-0.05, 0) is 37.3 Å². The Balaban J connectivity index is 1.76. The first kappa shape index (κ1) is 13.3. The van der Waals surface area contributed by atoms with Crippen molar-refractivity contribution in [1.82, 2.24) is 0 Å². The second-order valence-corrected chi connectivity index (χ2v) is 6.51. The predicted molar refractivity (Wildman–Crippen MR) is 76.7 cm³/mol. The first-order valence-electron chi connectivity index (χ1n) is 6.48. The lowest BCUT2D eigenvalue weighted by Crippen LogP contribution is -2.11. The Labute approximate surface area is 112 Å². The monoisotopic (exact) mass is 264 g/mol. The third-order valence-corrected chi connectivity index (χ3v) is 5.20. The maximum absolute atomic E-state index is 11.6. The molecule has 0 spiro atoms. The minimum absolute atomic E-state index is 0.357. The van der Waals surface area contributed by atoms with Crippen LogP contribution in [0.5, 0.6) is 0 Å². The summed E-state index contributed by atoms with van der Waals surface area (Å²) in [7, 11) is -0.611. The van der Waals surface area contributed by atoms with Gasteiger partial charge in [-0.15, -0.1) is 0 Å². The minimum Gasteiger partial charge on any atom is -0.501 e. The van der Waals surface area contributed by atoms with Crippen molar-refractivity contribution in [1.29, 1.82) is 0 Å². The summed E-state index contributed by atoms with van der Waals surface area (Å²) in [5.74, 6) is 0.879. The van der Waals surface area contributed by atoms with Crippen LogP contribution in [0.15, 0.2) is 36.6 Å². The normalized spacial score (nSPS) is 24.2. The second-order valence-electron chi connectivity index (χ2n) is 4.68. The average molecular weight is 264 g/mol. The van der Waals surface area contributed by atoms with Crippen molar-refractivity contribution in [2.45, 2.75) is 31.4 Å². The van der Waals surface area contributed by atoms with Crippen LogP contribution in [0.25, 0.3) is 5.57 Å². The quantitative estimate of drug-likeness (QED) is 0.602. The highest BCUT2D eigenvalue weighted by Gasteiger charge is 2.22. The van der Waals surface area contributed by atoms with Crippen LogP contribution in [0.1, 0.15) is 31.7 Å². The Kier molecular flexibility index (Phi) is 5.00. The molecule has 1 aromatic rings. The van der Waals surface area contributed by atoms with Crippen LogP contribution < -0.4 is 0 Å². The molecule has 0 aromatic heterocycles. The highest BCUT2D eigenvalue weighted by atomic mass is 32.2. The number of ether oxygens (including phenoxy) is 1. The van der Waals surface area contributed by atoms with Gasteiger partial charge in [0.25, 0.3) is 0 Å². The van der Waals surface area contributed by atoms with Crippen LogP contribution in [0.3, 0.4) is 0 Å². The van der Waals surface area contributed by atoms with Crippen molar-refractivity contribution in [3.05, 3.63) is 42.2 Å². The fourth-order valence-corrected chi connectivity index (χ4v) is 3.75. The smallest absolute Gasteiger partial charge is 0.0884 e. The molecule has 0 N–H and O–H groups in total. The van der Waals surface area contributed by atoms with E-state index in [-0.39, 0.29) is 0 Å². The number of rotatable bonds is 5. The SMILES string of the molecule is C/C(=C/OCCC1CCCS1=O)c1ccccc1. The van der Waals surface area contributed by atoms with Crippen molar-refractivity contribution in [3.8, 4) is 0 Å². The summed E-state index contributed by atoms with van der Waals surface area (Å²) in [4.78, 5) is 0. The van der Waals surface area contributed by atoms with Gasteiger partial charge in [-0.1, -0.05) is 30.3 Å². The van der Waals surface area contributed by atoms with Crippen LogP contribution in [-0.2, 0) is 15.5 Å². The molecule has 1 fully saturated rings. The molecule has 2 unspecified atom stereocenters. The molecule has 1 saturated heterocycles. The molecule has 1 aromatic carbocycles. The lowest BCUT2D eigenvalue weighted by molar-refractivity contribution is 0.244. The molecule has 2 atom stereocenters. The number of hydrogen-bond acceptors (Lipinski definition) is 2. The van der Waals surface area contributed by atoms with Gasteiger partial charge in [-0.25, -0.2) is 0 Å². The number of benzene rings is 1. The van der Waals surface area contributed by atoms with E-state index in [4.69, 9.17) is 4.74 Å². The Morgan fingerprint density at radius 3 is 2.89 bits per heavy atom. The molecular formula is C15H20O2S. The Morgan fingerprint density at radius 1 is 1.44 bits per heavy atom. The van der Waals surface area contributed by atoms with Crippen molar-refractivity contribution >= 4 is 16.4 Å². The van der Waals surface area contributed by atoms with Crippen molar-refractivity contribution < 1.29 is 8.95 Å². The van der Waals surface area contributed by atoms with E-state index in [9.17, 15) is 4.21 Å². The van der Waals surface area contributed by atoms with E-state index in [0.717, 1.165) is 30.6 Å². The lowest BCUT2D eigenvalue weighted by atomic mass is 10.1. The zero-order chi connectivity index (χ0) is 12.8. The van der Waals surface area contributed by atoms with Gasteiger partial charge in [0, 0.05) is 21.8 Å². The lowest BCUT2D eigenvalue weighted by Gasteiger charge is -2.08. The molecular weight excluding hydrogens is 244 g/mol. The summed E-state index contributed by atoms with van der Waals surface area (Å²) >= 11 is 0. The molecule has 0 amide bonds. The molecule has 3 heteroatoms. The van der Waals surface area contributed by atoms with E-state index < -0.39 is 10.8 Å². The van der Waals surface area contributed by atoms with E-state index in [1.165, 1.54) is 5.56 Å². The van der Waals surface area contributed by atoms with Crippen LogP contribution in [0.4, 0.5) is 0 Å². The third kappa shape index (κ3) is 3.70. The third-order valence-electron chi connectivity index (χ3n) is 3.29. The Bertz CT molecular complexity index is 425. The molecule has 2 nitrogen and oxygen atoms in total. The zero-order valence-corrected chi connectivity index (χ0v) is 11.6. The standard InChI is InChI=1S/C15H20O2S/c1-13(14-6-3-2-4-7-14)12-17-10-9-15-8-5-11-18(15)16/h2-4,6-7,12,15H,5,8-11H2,1H3/b13-12-. The fourth-order valence-electron chi connectivity index (χ4n) is 2.18. The van der Waals surface area contributed by atoms with Gasteiger partial charge in [0.15, 0.2) is 0 Å². The first-order valence-corrected chi connectivity index (χ1v) is 7.86. The summed E-state index contributed by atoms with van der Waals surface area (Å²) < 4.78 is 17.1. The number of hydrogen-bond donors (Lipinski definition) is 0. The average Bonchev–Trinajstić information content (AvgIpc) is 2.81. The van der Waals surface area contributed by atoms with Gasteiger partial charge in [0.1, 0.15) is 0 Å². The first-order chi connectivity index (χ1) is 8.77. The molecule has 0 radical (unpaired) electrons. The molecule has 98 valence electrons. The van der Waals surface area contributed by atoms with Gasteiger partial charge in [-0.2, -0.15) is 0 Å². The topological polar surface area (TPSA) is 26.3 Å².